The van der Waals surface area contributed by atoms with E-state index in [4.69, 9.17) is 17.3 Å². The van der Waals surface area contributed by atoms with Gasteiger partial charge >= 0.3 is 6.18 Å². The largest absolute Gasteiger partial charge is 0.407 e. The molecule has 0 saturated heterocycles. The molecule has 1 aromatic rings. The van der Waals surface area contributed by atoms with Crippen LogP contribution in [0.4, 0.5) is 13.2 Å². The molecule has 6 heteroatoms. The molecule has 0 aliphatic heterocycles. The molecule has 1 aromatic carbocycles. The second kappa shape index (κ2) is 4.08. The first-order chi connectivity index (χ1) is 6.32. The highest BCUT2D eigenvalue weighted by Crippen LogP contribution is 2.33. The van der Waals surface area contributed by atoms with E-state index < -0.39 is 12.2 Å². The van der Waals surface area contributed by atoms with Gasteiger partial charge in [-0.25, -0.2) is 0 Å². The van der Waals surface area contributed by atoms with E-state index in [-0.39, 0.29) is 5.56 Å². The van der Waals surface area contributed by atoms with E-state index in [1.807, 2.05) is 0 Å². The summed E-state index contributed by atoms with van der Waals surface area (Å²) in [7, 11) is 0. The molecule has 1 atom stereocenters. The average molecular weight is 288 g/mol. The summed E-state index contributed by atoms with van der Waals surface area (Å²) < 4.78 is 37.0. The van der Waals surface area contributed by atoms with Crippen molar-refractivity contribution in [3.63, 3.8) is 0 Å². The maximum Gasteiger partial charge on any atom is 0.407 e. The number of nitrogens with two attached hydrogens (primary N) is 1. The summed E-state index contributed by atoms with van der Waals surface area (Å²) in [5, 5.41) is 0.350. The Kier molecular flexibility index (Phi) is 3.44. The zero-order chi connectivity index (χ0) is 10.9. The van der Waals surface area contributed by atoms with Gasteiger partial charge in [-0.3, -0.25) is 0 Å². The minimum atomic E-state index is -4.44. The van der Waals surface area contributed by atoms with Crippen LogP contribution in [0.5, 0.6) is 0 Å². The van der Waals surface area contributed by atoms with Gasteiger partial charge in [0.25, 0.3) is 0 Å². The van der Waals surface area contributed by atoms with Crippen LogP contribution in [0.15, 0.2) is 22.7 Å². The molecule has 0 saturated carbocycles. The Morgan fingerprint density at radius 2 is 1.93 bits per heavy atom. The highest BCUT2D eigenvalue weighted by molar-refractivity contribution is 9.10. The van der Waals surface area contributed by atoms with Crippen molar-refractivity contribution in [1.29, 1.82) is 0 Å². The Morgan fingerprint density at radius 3 is 2.36 bits per heavy atom. The van der Waals surface area contributed by atoms with Crippen LogP contribution in [-0.4, -0.2) is 6.18 Å². The van der Waals surface area contributed by atoms with Gasteiger partial charge in [-0.05, 0) is 33.6 Å². The second-order valence-electron chi connectivity index (χ2n) is 2.69. The standard InChI is InChI=1S/C8H6BrClF3N/c9-5-3-4(1-2-6(5)10)7(14)8(11,12)13/h1-3,7H,14H2. The van der Waals surface area contributed by atoms with Crippen LogP contribution in [0, 0.1) is 0 Å². The first-order valence-corrected chi connectivity index (χ1v) is 4.76. The highest BCUT2D eigenvalue weighted by atomic mass is 79.9. The Bertz CT molecular complexity index is 340. The molecule has 0 heterocycles. The molecule has 78 valence electrons. The van der Waals surface area contributed by atoms with Crippen LogP contribution >= 0.6 is 27.5 Å². The number of hydrogen-bond donors (Lipinski definition) is 1. The lowest BCUT2D eigenvalue weighted by atomic mass is 10.1. The Hall–Kier alpha value is -0.260. The fraction of sp³-hybridized carbons (Fsp3) is 0.250. The summed E-state index contributed by atoms with van der Waals surface area (Å²) >= 11 is 8.66. The van der Waals surface area contributed by atoms with Crippen LogP contribution < -0.4 is 5.73 Å². The van der Waals surface area contributed by atoms with Crippen LogP contribution in [-0.2, 0) is 0 Å². The Labute approximate surface area is 92.2 Å². The molecular weight excluding hydrogens is 282 g/mol. The van der Waals surface area contributed by atoms with E-state index >= 15 is 0 Å². The molecule has 2 N–H and O–H groups in total. The lowest BCUT2D eigenvalue weighted by Gasteiger charge is -2.16. The normalized spacial score (nSPS) is 14.1. The number of halogens is 5. The first kappa shape index (κ1) is 11.8. The van der Waals surface area contributed by atoms with Crippen LogP contribution in [0.25, 0.3) is 0 Å². The predicted octanol–water partition coefficient (Wildman–Crippen LogP) is 3.66. The van der Waals surface area contributed by atoms with E-state index in [1.165, 1.54) is 18.2 Å². The third kappa shape index (κ3) is 2.62. The van der Waals surface area contributed by atoms with Gasteiger partial charge in [-0.15, -0.1) is 0 Å². The molecule has 1 nitrogen and oxygen atoms in total. The maximum atomic E-state index is 12.2. The summed E-state index contributed by atoms with van der Waals surface area (Å²) in [6, 6.07) is 1.91. The first-order valence-electron chi connectivity index (χ1n) is 3.59. The van der Waals surface area contributed by atoms with Gasteiger partial charge in [0.05, 0.1) is 5.02 Å². The van der Waals surface area contributed by atoms with Gasteiger partial charge in [0.2, 0.25) is 0 Å². The van der Waals surface area contributed by atoms with Crippen LogP contribution in [0.2, 0.25) is 5.02 Å². The molecule has 0 aliphatic carbocycles. The number of rotatable bonds is 1. The van der Waals surface area contributed by atoms with Crippen molar-refractivity contribution in [3.05, 3.63) is 33.3 Å². The third-order valence-corrected chi connectivity index (χ3v) is 2.87. The number of benzene rings is 1. The van der Waals surface area contributed by atoms with E-state index in [1.54, 1.807) is 0 Å². The molecule has 0 aromatic heterocycles. The van der Waals surface area contributed by atoms with Crippen molar-refractivity contribution in [2.45, 2.75) is 12.2 Å². The van der Waals surface area contributed by atoms with E-state index in [2.05, 4.69) is 15.9 Å². The Balaban J connectivity index is 3.03. The smallest absolute Gasteiger partial charge is 0.316 e. The Morgan fingerprint density at radius 1 is 1.36 bits per heavy atom. The average Bonchev–Trinajstić information content (AvgIpc) is 2.07. The maximum absolute atomic E-state index is 12.2. The zero-order valence-electron chi connectivity index (χ0n) is 6.78. The molecule has 0 radical (unpaired) electrons. The predicted molar refractivity (Wildman–Crippen MR) is 52.1 cm³/mol. The SMILES string of the molecule is NC(c1ccc(Cl)c(Br)c1)C(F)(F)F. The van der Waals surface area contributed by atoms with Gasteiger partial charge in [-0.1, -0.05) is 17.7 Å². The molecule has 0 bridgehead atoms. The molecule has 1 unspecified atom stereocenters. The van der Waals surface area contributed by atoms with Gasteiger partial charge < -0.3 is 5.73 Å². The van der Waals surface area contributed by atoms with E-state index in [0.29, 0.717) is 9.50 Å². The molecule has 0 fully saturated rings. The fourth-order valence-corrected chi connectivity index (χ4v) is 1.41. The van der Waals surface area contributed by atoms with Crippen molar-refractivity contribution in [3.8, 4) is 0 Å². The van der Waals surface area contributed by atoms with Crippen molar-refractivity contribution in [2.75, 3.05) is 0 Å². The van der Waals surface area contributed by atoms with E-state index in [0.717, 1.165) is 0 Å². The van der Waals surface area contributed by atoms with Crippen molar-refractivity contribution >= 4 is 27.5 Å². The fourth-order valence-electron chi connectivity index (χ4n) is 0.895. The van der Waals surface area contributed by atoms with Crippen molar-refractivity contribution < 1.29 is 13.2 Å². The van der Waals surface area contributed by atoms with Crippen LogP contribution in [0.3, 0.4) is 0 Å². The van der Waals surface area contributed by atoms with Gasteiger partial charge in [0, 0.05) is 4.47 Å². The lowest BCUT2D eigenvalue weighted by Crippen LogP contribution is -2.28. The minimum Gasteiger partial charge on any atom is -0.316 e. The molecule has 0 aliphatic rings. The quantitative estimate of drug-likeness (QED) is 0.838. The molecule has 14 heavy (non-hydrogen) atoms. The van der Waals surface area contributed by atoms with Gasteiger partial charge in [0.1, 0.15) is 6.04 Å². The summed E-state index contributed by atoms with van der Waals surface area (Å²) in [5.74, 6) is 0. The monoisotopic (exact) mass is 287 g/mol. The van der Waals surface area contributed by atoms with Crippen LogP contribution in [0.1, 0.15) is 11.6 Å². The minimum absolute atomic E-state index is 0.0197. The molecule has 0 spiro atoms. The topological polar surface area (TPSA) is 26.0 Å². The number of hydrogen-bond acceptors (Lipinski definition) is 1. The van der Waals surface area contributed by atoms with Gasteiger partial charge in [-0.2, -0.15) is 13.2 Å². The summed E-state index contributed by atoms with van der Waals surface area (Å²) in [5.41, 5.74) is 4.98. The molecule has 0 amide bonds. The second-order valence-corrected chi connectivity index (χ2v) is 3.95. The molecular formula is C8H6BrClF3N. The van der Waals surface area contributed by atoms with Crippen molar-refractivity contribution in [1.82, 2.24) is 0 Å². The molecule has 1 rings (SSSR count). The number of alkyl halides is 3. The summed E-state index contributed by atoms with van der Waals surface area (Å²) in [6.45, 7) is 0. The summed E-state index contributed by atoms with van der Waals surface area (Å²) in [6.07, 6.45) is -4.44. The zero-order valence-corrected chi connectivity index (χ0v) is 9.12. The summed E-state index contributed by atoms with van der Waals surface area (Å²) in [4.78, 5) is 0. The third-order valence-electron chi connectivity index (χ3n) is 1.66. The van der Waals surface area contributed by atoms with Gasteiger partial charge in [0.15, 0.2) is 0 Å². The van der Waals surface area contributed by atoms with Crippen molar-refractivity contribution in [2.24, 2.45) is 5.73 Å². The van der Waals surface area contributed by atoms with E-state index in [9.17, 15) is 13.2 Å². The lowest BCUT2D eigenvalue weighted by molar-refractivity contribution is -0.149. The highest BCUT2D eigenvalue weighted by Gasteiger charge is 2.37.